The number of hydrogen-bond donors (Lipinski definition) is 3. The first-order chi connectivity index (χ1) is 19.1. The molecule has 1 aliphatic heterocycles. The summed E-state index contributed by atoms with van der Waals surface area (Å²) < 4.78 is 5.26. The third-order valence-corrected chi connectivity index (χ3v) is 8.65. The monoisotopic (exact) mass is 580 g/mol. The number of para-hydroxylation sites is 1. The van der Waals surface area contributed by atoms with E-state index in [9.17, 15) is 14.4 Å². The van der Waals surface area contributed by atoms with Crippen molar-refractivity contribution in [2.24, 2.45) is 5.73 Å². The van der Waals surface area contributed by atoms with Gasteiger partial charge in [-0.15, -0.1) is 12.4 Å². The Morgan fingerprint density at radius 3 is 2.51 bits per heavy atom. The van der Waals surface area contributed by atoms with Crippen molar-refractivity contribution < 1.29 is 19.1 Å². The number of amides is 2. The van der Waals surface area contributed by atoms with Gasteiger partial charge in [0.25, 0.3) is 0 Å². The maximum atomic E-state index is 14.0. The number of benzene rings is 2. The van der Waals surface area contributed by atoms with Crippen molar-refractivity contribution in [3.63, 3.8) is 0 Å². The van der Waals surface area contributed by atoms with Crippen LogP contribution < -0.4 is 11.1 Å². The highest BCUT2D eigenvalue weighted by molar-refractivity contribution is 5.92. The average molecular weight is 581 g/mol. The number of nitrogens with two attached hydrogens (primary N) is 1. The van der Waals surface area contributed by atoms with Crippen LogP contribution in [0.2, 0.25) is 0 Å². The minimum absolute atomic E-state index is 0. The number of piperidine rings is 1. The number of nitrogens with zero attached hydrogens (tertiary/aromatic N) is 1. The molecule has 2 aliphatic rings. The minimum atomic E-state index is -1.10. The number of fused-ring (bicyclic) bond motifs is 3. The number of H-pyrrole nitrogens is 1. The zero-order valence-electron chi connectivity index (χ0n) is 24.1. The van der Waals surface area contributed by atoms with Crippen LogP contribution in [0.25, 0.3) is 10.9 Å². The van der Waals surface area contributed by atoms with Crippen LogP contribution in [0.3, 0.4) is 0 Å². The topological polar surface area (TPSA) is 118 Å². The standard InChI is InChI=1S/C32H40N4O4.ClH/c1-4-40-28(37)18-21-19-32(25-11-7-5-9-23(21)25)13-15-36(16-14-32)29(38)27(35-30(39)31(2,3)33)17-22-20-34-26-12-8-6-10-24(22)26;/h5-12,20-21,27,34H,4,13-19,33H2,1-3H3,(H,35,39);1H. The Balaban J connectivity index is 0.00000387. The number of nitrogens with one attached hydrogen (secondary N) is 2. The Morgan fingerprint density at radius 2 is 1.80 bits per heavy atom. The van der Waals surface area contributed by atoms with E-state index in [2.05, 4.69) is 28.5 Å². The molecule has 1 fully saturated rings. The van der Waals surface area contributed by atoms with Gasteiger partial charge in [0.15, 0.2) is 0 Å². The van der Waals surface area contributed by atoms with Gasteiger partial charge in [-0.25, -0.2) is 0 Å². The number of aromatic nitrogens is 1. The molecular formula is C32H41ClN4O4. The molecule has 1 spiro atoms. The third kappa shape index (κ3) is 6.28. The first-order valence-electron chi connectivity index (χ1n) is 14.3. The maximum Gasteiger partial charge on any atom is 0.306 e. The molecule has 0 bridgehead atoms. The second-order valence-electron chi connectivity index (χ2n) is 11.9. The molecule has 41 heavy (non-hydrogen) atoms. The number of rotatable bonds is 8. The Labute approximate surface area is 247 Å². The van der Waals surface area contributed by atoms with Gasteiger partial charge in [-0.1, -0.05) is 42.5 Å². The Bertz CT molecular complexity index is 1400. The predicted octanol–water partition coefficient (Wildman–Crippen LogP) is 4.36. The van der Waals surface area contributed by atoms with Crippen LogP contribution in [0.5, 0.6) is 0 Å². The van der Waals surface area contributed by atoms with Crippen molar-refractivity contribution in [1.82, 2.24) is 15.2 Å². The van der Waals surface area contributed by atoms with E-state index in [-0.39, 0.29) is 41.5 Å². The quantitative estimate of drug-likeness (QED) is 0.342. The van der Waals surface area contributed by atoms with Crippen LogP contribution in [0, 0.1) is 0 Å². The van der Waals surface area contributed by atoms with Crippen LogP contribution in [0.4, 0.5) is 0 Å². The normalized spacial score (nSPS) is 18.4. The summed E-state index contributed by atoms with van der Waals surface area (Å²) >= 11 is 0. The summed E-state index contributed by atoms with van der Waals surface area (Å²) in [6.07, 6.45) is 5.16. The molecule has 2 heterocycles. The lowest BCUT2D eigenvalue weighted by atomic mass is 9.73. The number of carbonyl (C=O) groups excluding carboxylic acids is 3. The largest absolute Gasteiger partial charge is 0.466 e. The van der Waals surface area contributed by atoms with E-state index in [0.717, 1.165) is 35.7 Å². The van der Waals surface area contributed by atoms with Crippen molar-refractivity contribution in [1.29, 1.82) is 0 Å². The van der Waals surface area contributed by atoms with E-state index >= 15 is 0 Å². The molecule has 0 radical (unpaired) electrons. The second kappa shape index (κ2) is 12.2. The van der Waals surface area contributed by atoms with Crippen molar-refractivity contribution in [2.75, 3.05) is 19.7 Å². The molecular weight excluding hydrogens is 540 g/mol. The van der Waals surface area contributed by atoms with Crippen LogP contribution >= 0.6 is 12.4 Å². The molecule has 2 aromatic carbocycles. The van der Waals surface area contributed by atoms with Gasteiger partial charge in [-0.3, -0.25) is 14.4 Å². The van der Waals surface area contributed by atoms with E-state index in [4.69, 9.17) is 10.5 Å². The second-order valence-corrected chi connectivity index (χ2v) is 11.9. The molecule has 2 amide bonds. The summed E-state index contributed by atoms with van der Waals surface area (Å²) in [5, 5.41) is 3.99. The smallest absolute Gasteiger partial charge is 0.306 e. The fourth-order valence-electron chi connectivity index (χ4n) is 6.54. The molecule has 4 N–H and O–H groups in total. The highest BCUT2D eigenvalue weighted by Crippen LogP contribution is 2.52. The lowest BCUT2D eigenvalue weighted by molar-refractivity contribution is -0.143. The number of ether oxygens (including phenoxy) is 1. The lowest BCUT2D eigenvalue weighted by Crippen LogP contribution is -2.58. The summed E-state index contributed by atoms with van der Waals surface area (Å²) in [5.41, 5.74) is 9.40. The van der Waals surface area contributed by atoms with Crippen molar-refractivity contribution >= 4 is 41.1 Å². The maximum absolute atomic E-state index is 14.0. The Hall–Kier alpha value is -3.36. The van der Waals surface area contributed by atoms with Crippen LogP contribution in [-0.4, -0.2) is 58.9 Å². The van der Waals surface area contributed by atoms with E-state index in [1.54, 1.807) is 13.8 Å². The molecule has 1 aromatic heterocycles. The number of hydrogen-bond acceptors (Lipinski definition) is 5. The zero-order chi connectivity index (χ0) is 28.5. The summed E-state index contributed by atoms with van der Waals surface area (Å²) in [5.74, 6) is -0.485. The fraction of sp³-hybridized carbons (Fsp3) is 0.469. The number of halogens is 1. The lowest BCUT2D eigenvalue weighted by Gasteiger charge is -2.41. The van der Waals surface area contributed by atoms with Gasteiger partial charge in [0.1, 0.15) is 6.04 Å². The molecule has 5 rings (SSSR count). The zero-order valence-corrected chi connectivity index (χ0v) is 24.9. The predicted molar refractivity (Wildman–Crippen MR) is 162 cm³/mol. The first kappa shape index (κ1) is 30.6. The molecule has 220 valence electrons. The van der Waals surface area contributed by atoms with Crippen molar-refractivity contribution in [3.8, 4) is 0 Å². The number of aromatic amines is 1. The molecule has 1 saturated heterocycles. The van der Waals surface area contributed by atoms with Crippen molar-refractivity contribution in [3.05, 3.63) is 71.4 Å². The summed E-state index contributed by atoms with van der Waals surface area (Å²) in [4.78, 5) is 44.4. The highest BCUT2D eigenvalue weighted by atomic mass is 35.5. The number of esters is 1. The first-order valence-corrected chi connectivity index (χ1v) is 14.3. The van der Waals surface area contributed by atoms with Crippen molar-refractivity contribution in [2.45, 2.75) is 75.8 Å². The highest BCUT2D eigenvalue weighted by Gasteiger charge is 2.47. The van der Waals surface area contributed by atoms with E-state index < -0.39 is 11.6 Å². The fourth-order valence-corrected chi connectivity index (χ4v) is 6.54. The molecule has 1 aliphatic carbocycles. The summed E-state index contributed by atoms with van der Waals surface area (Å²) in [6.45, 7) is 6.68. The molecule has 2 unspecified atom stereocenters. The minimum Gasteiger partial charge on any atom is -0.466 e. The Kier molecular flexibility index (Phi) is 9.14. The molecule has 3 aromatic rings. The van der Waals surface area contributed by atoms with Crippen LogP contribution in [0.15, 0.2) is 54.7 Å². The van der Waals surface area contributed by atoms with Gasteiger partial charge >= 0.3 is 5.97 Å². The molecule has 2 atom stereocenters. The Morgan fingerprint density at radius 1 is 1.12 bits per heavy atom. The van der Waals surface area contributed by atoms with Gasteiger partial charge in [-0.2, -0.15) is 0 Å². The van der Waals surface area contributed by atoms with Gasteiger partial charge < -0.3 is 25.7 Å². The summed E-state index contributed by atoms with van der Waals surface area (Å²) in [6, 6.07) is 15.6. The SMILES string of the molecule is CCOC(=O)CC1CC2(CCN(C(=O)C(Cc3c[nH]c4ccccc34)NC(=O)C(C)(C)N)CC2)c2ccccc21.Cl. The third-order valence-electron chi connectivity index (χ3n) is 8.65. The number of carbonyl (C=O) groups is 3. The van der Waals surface area contributed by atoms with E-state index in [0.29, 0.717) is 32.5 Å². The molecule has 8 nitrogen and oxygen atoms in total. The van der Waals surface area contributed by atoms with Crippen LogP contribution in [0.1, 0.15) is 69.1 Å². The van der Waals surface area contributed by atoms with Gasteiger partial charge in [0.2, 0.25) is 11.8 Å². The number of likely N-dealkylation sites (tertiary alicyclic amines) is 1. The van der Waals surface area contributed by atoms with Gasteiger partial charge in [0.05, 0.1) is 18.6 Å². The van der Waals surface area contributed by atoms with E-state index in [1.165, 1.54) is 11.1 Å². The average Bonchev–Trinajstić information content (AvgIpc) is 3.47. The molecule has 9 heteroatoms. The van der Waals surface area contributed by atoms with Gasteiger partial charge in [-0.05, 0) is 74.1 Å². The summed E-state index contributed by atoms with van der Waals surface area (Å²) in [7, 11) is 0. The van der Waals surface area contributed by atoms with Gasteiger partial charge in [0, 0.05) is 36.6 Å². The molecule has 0 saturated carbocycles. The van der Waals surface area contributed by atoms with E-state index in [1.807, 2.05) is 48.4 Å². The van der Waals surface area contributed by atoms with Crippen LogP contribution in [-0.2, 0) is 31.0 Å².